The molecule has 7 nitrogen and oxygen atoms in total. The second-order valence-electron chi connectivity index (χ2n) is 8.20. The predicted octanol–water partition coefficient (Wildman–Crippen LogP) is 3.55. The minimum atomic E-state index is -0.871. The van der Waals surface area contributed by atoms with Crippen molar-refractivity contribution in [1.29, 1.82) is 0 Å². The van der Waals surface area contributed by atoms with Gasteiger partial charge in [0.05, 0.1) is 12.1 Å². The average molecular weight is 422 g/mol. The van der Waals surface area contributed by atoms with Gasteiger partial charge in [-0.15, -0.1) is 0 Å². The summed E-state index contributed by atoms with van der Waals surface area (Å²) in [5.74, 6) is -0.428. The largest absolute Gasteiger partial charge is 0.444 e. The molecule has 0 aliphatic carbocycles. The molecule has 2 N–H and O–H groups in total. The molecule has 0 aliphatic rings. The van der Waals surface area contributed by atoms with Gasteiger partial charge in [-0.1, -0.05) is 48.5 Å². The van der Waals surface area contributed by atoms with Crippen molar-refractivity contribution in [3.63, 3.8) is 0 Å². The van der Waals surface area contributed by atoms with E-state index in [1.807, 2.05) is 42.5 Å². The fourth-order valence-electron chi connectivity index (χ4n) is 3.04. The Balaban J connectivity index is 1.73. The van der Waals surface area contributed by atoms with Gasteiger partial charge in [0.2, 0.25) is 5.91 Å². The molecule has 0 saturated carbocycles. The first-order chi connectivity index (χ1) is 14.7. The third kappa shape index (κ3) is 6.44. The zero-order valence-corrected chi connectivity index (χ0v) is 17.8. The zero-order valence-electron chi connectivity index (χ0n) is 17.8. The Bertz CT molecular complexity index is 1120. The Hall–Kier alpha value is -3.61. The number of alkyl carbamates (subject to hydrolysis) is 1. The molecule has 0 unspecified atom stereocenters. The molecule has 0 radical (unpaired) electrons. The molecule has 0 bridgehead atoms. The van der Waals surface area contributed by atoms with Crippen molar-refractivity contribution in [3.05, 3.63) is 82.2 Å². The summed E-state index contributed by atoms with van der Waals surface area (Å²) in [5, 5.41) is 6.11. The Kier molecular flexibility index (Phi) is 6.74. The third-order valence-electron chi connectivity index (χ3n) is 4.46. The van der Waals surface area contributed by atoms with Crippen LogP contribution in [0.4, 0.5) is 4.79 Å². The third-order valence-corrected chi connectivity index (χ3v) is 4.46. The van der Waals surface area contributed by atoms with Crippen molar-refractivity contribution in [2.45, 2.75) is 45.4 Å². The van der Waals surface area contributed by atoms with Crippen molar-refractivity contribution >= 4 is 23.0 Å². The van der Waals surface area contributed by atoms with Gasteiger partial charge in [-0.3, -0.25) is 4.79 Å². The summed E-state index contributed by atoms with van der Waals surface area (Å²) in [7, 11) is 0. The van der Waals surface area contributed by atoms with Crippen LogP contribution >= 0.6 is 0 Å². The summed E-state index contributed by atoms with van der Waals surface area (Å²) in [6, 6.07) is 17.3. The molecule has 0 fully saturated rings. The Morgan fingerprint density at radius 1 is 1.03 bits per heavy atom. The zero-order chi connectivity index (χ0) is 22.4. The number of hydrogen-bond donors (Lipinski definition) is 2. The molecule has 0 saturated heterocycles. The molecule has 3 aromatic rings. The lowest BCUT2D eigenvalue weighted by Crippen LogP contribution is -2.49. The minimum absolute atomic E-state index is 0.0205. The number of fused-ring (bicyclic) bond motifs is 1. The number of rotatable bonds is 6. The monoisotopic (exact) mass is 422 g/mol. The Morgan fingerprint density at radius 3 is 2.42 bits per heavy atom. The van der Waals surface area contributed by atoms with E-state index in [9.17, 15) is 14.4 Å². The number of para-hydroxylation sites is 1. The Labute approximate surface area is 180 Å². The minimum Gasteiger partial charge on any atom is -0.444 e. The maximum absolute atomic E-state index is 12.9. The number of hydrogen-bond acceptors (Lipinski definition) is 5. The van der Waals surface area contributed by atoms with Gasteiger partial charge in [-0.25, -0.2) is 9.59 Å². The van der Waals surface area contributed by atoms with Crippen molar-refractivity contribution < 1.29 is 18.7 Å². The van der Waals surface area contributed by atoms with E-state index in [0.29, 0.717) is 11.1 Å². The van der Waals surface area contributed by atoms with E-state index in [4.69, 9.17) is 9.15 Å². The second kappa shape index (κ2) is 9.47. The first kappa shape index (κ1) is 22.1. The number of amides is 2. The lowest BCUT2D eigenvalue weighted by molar-refractivity contribution is -0.123. The summed E-state index contributed by atoms with van der Waals surface area (Å²) >= 11 is 0. The van der Waals surface area contributed by atoms with Gasteiger partial charge < -0.3 is 19.8 Å². The fraction of sp³-hybridized carbons (Fsp3) is 0.292. The fourth-order valence-corrected chi connectivity index (χ4v) is 3.04. The van der Waals surface area contributed by atoms with E-state index >= 15 is 0 Å². The van der Waals surface area contributed by atoms with Crippen LogP contribution < -0.4 is 16.3 Å². The van der Waals surface area contributed by atoms with Crippen LogP contribution in [0, 0.1) is 0 Å². The lowest BCUT2D eigenvalue weighted by Gasteiger charge is -2.23. The summed E-state index contributed by atoms with van der Waals surface area (Å²) < 4.78 is 10.6. The Morgan fingerprint density at radius 2 is 1.71 bits per heavy atom. The van der Waals surface area contributed by atoms with Crippen LogP contribution in [-0.4, -0.2) is 23.6 Å². The number of carbonyl (C=O) groups is 2. The molecule has 1 atom stereocenters. The van der Waals surface area contributed by atoms with Crippen LogP contribution in [0.3, 0.4) is 0 Å². The maximum Gasteiger partial charge on any atom is 0.408 e. The topological polar surface area (TPSA) is 97.6 Å². The predicted molar refractivity (Wildman–Crippen MR) is 118 cm³/mol. The summed E-state index contributed by atoms with van der Waals surface area (Å²) in [5.41, 5.74) is 0.476. The molecule has 3 rings (SSSR count). The highest BCUT2D eigenvalue weighted by Gasteiger charge is 2.25. The lowest BCUT2D eigenvalue weighted by atomic mass is 10.1. The molecule has 1 heterocycles. The van der Waals surface area contributed by atoms with Crippen molar-refractivity contribution in [1.82, 2.24) is 10.6 Å². The summed E-state index contributed by atoms with van der Waals surface area (Å²) in [4.78, 5) is 37.4. The SMILES string of the molecule is CC(C)(C)OC(=O)N[C@@H](Cc1ccccc1)C(=O)NCc1cc2ccccc2oc1=O. The van der Waals surface area contributed by atoms with Gasteiger partial charge in [0.25, 0.3) is 0 Å². The first-order valence-corrected chi connectivity index (χ1v) is 10.0. The smallest absolute Gasteiger partial charge is 0.408 e. The van der Waals surface area contributed by atoms with Crippen LogP contribution in [0.5, 0.6) is 0 Å². The van der Waals surface area contributed by atoms with Crippen LogP contribution in [-0.2, 0) is 22.5 Å². The quantitative estimate of drug-likeness (QED) is 0.592. The van der Waals surface area contributed by atoms with Crippen molar-refractivity contribution in [2.75, 3.05) is 0 Å². The van der Waals surface area contributed by atoms with Crippen LogP contribution in [0.25, 0.3) is 11.0 Å². The summed E-state index contributed by atoms with van der Waals surface area (Å²) in [6.45, 7) is 5.22. The molecule has 162 valence electrons. The van der Waals surface area contributed by atoms with E-state index in [0.717, 1.165) is 10.9 Å². The molecule has 1 aromatic heterocycles. The number of ether oxygens (including phenoxy) is 1. The highest BCUT2D eigenvalue weighted by Crippen LogP contribution is 2.13. The highest BCUT2D eigenvalue weighted by atomic mass is 16.6. The molecule has 2 amide bonds. The average Bonchev–Trinajstić information content (AvgIpc) is 2.71. The molecular formula is C24H26N2O5. The van der Waals surface area contributed by atoms with E-state index in [-0.39, 0.29) is 13.0 Å². The van der Waals surface area contributed by atoms with E-state index in [1.165, 1.54) is 0 Å². The van der Waals surface area contributed by atoms with Crippen molar-refractivity contribution in [2.24, 2.45) is 0 Å². The van der Waals surface area contributed by atoms with E-state index in [2.05, 4.69) is 10.6 Å². The molecule has 0 spiro atoms. The highest BCUT2D eigenvalue weighted by molar-refractivity contribution is 5.86. The normalized spacial score (nSPS) is 12.2. The molecule has 0 aliphatic heterocycles. The van der Waals surface area contributed by atoms with Gasteiger partial charge in [0.15, 0.2) is 0 Å². The van der Waals surface area contributed by atoms with Gasteiger partial charge in [0, 0.05) is 11.8 Å². The molecule has 7 heteroatoms. The number of carbonyl (C=O) groups excluding carboxylic acids is 2. The van der Waals surface area contributed by atoms with Crippen LogP contribution in [0.2, 0.25) is 0 Å². The van der Waals surface area contributed by atoms with Crippen LogP contribution in [0.15, 0.2) is 69.9 Å². The standard InChI is InChI=1S/C24H26N2O5/c1-24(2,3)31-23(29)26-19(13-16-9-5-4-6-10-16)21(27)25-15-18-14-17-11-7-8-12-20(17)30-22(18)28/h4-12,14,19H,13,15H2,1-3H3,(H,25,27)(H,26,29)/t19-/m0/s1. The number of nitrogens with one attached hydrogen (secondary N) is 2. The second-order valence-corrected chi connectivity index (χ2v) is 8.20. The number of benzene rings is 2. The molecular weight excluding hydrogens is 396 g/mol. The molecule has 31 heavy (non-hydrogen) atoms. The van der Waals surface area contributed by atoms with Gasteiger partial charge in [0.1, 0.15) is 17.2 Å². The van der Waals surface area contributed by atoms with E-state index in [1.54, 1.807) is 39.0 Å². The van der Waals surface area contributed by atoms with Gasteiger partial charge in [-0.2, -0.15) is 0 Å². The van der Waals surface area contributed by atoms with E-state index < -0.39 is 29.3 Å². The maximum atomic E-state index is 12.9. The first-order valence-electron chi connectivity index (χ1n) is 10.0. The van der Waals surface area contributed by atoms with Gasteiger partial charge in [-0.05, 0) is 38.5 Å². The molecule has 2 aromatic carbocycles. The van der Waals surface area contributed by atoms with Crippen molar-refractivity contribution in [3.8, 4) is 0 Å². The summed E-state index contributed by atoms with van der Waals surface area (Å²) in [6.07, 6.45) is -0.410. The van der Waals surface area contributed by atoms with Crippen LogP contribution in [0.1, 0.15) is 31.9 Å². The van der Waals surface area contributed by atoms with Gasteiger partial charge >= 0.3 is 11.7 Å².